The Morgan fingerprint density at radius 2 is 1.50 bits per heavy atom. The highest BCUT2D eigenvalue weighted by molar-refractivity contribution is 5.89. The molecule has 2 fully saturated rings. The Kier molecular flexibility index (Phi) is 8.22. The maximum absolute atomic E-state index is 12.6. The van der Waals surface area contributed by atoms with Crippen LogP contribution < -0.4 is 5.32 Å². The van der Waals surface area contributed by atoms with Crippen LogP contribution in [0.2, 0.25) is 0 Å². The van der Waals surface area contributed by atoms with Gasteiger partial charge in [0.2, 0.25) is 5.91 Å². The number of rotatable bonds is 3. The first-order chi connectivity index (χ1) is 10.8. The van der Waals surface area contributed by atoms with Gasteiger partial charge in [-0.2, -0.15) is 0 Å². The molecule has 124 valence electrons. The average Bonchev–Trinajstić information content (AvgIpc) is 3.04. The fourth-order valence-electron chi connectivity index (χ4n) is 3.33. The molecule has 0 saturated heterocycles. The summed E-state index contributed by atoms with van der Waals surface area (Å²) in [4.78, 5) is 12.6. The monoisotopic (exact) mass is 303 g/mol. The summed E-state index contributed by atoms with van der Waals surface area (Å²) in [5, 5.41) is 3.28. The second-order valence-electron chi connectivity index (χ2n) is 5.76. The quantitative estimate of drug-likeness (QED) is 0.815. The van der Waals surface area contributed by atoms with Crippen molar-refractivity contribution in [3.8, 4) is 0 Å². The molecule has 0 heterocycles. The van der Waals surface area contributed by atoms with Crippen LogP contribution in [0.3, 0.4) is 0 Å². The number of hydrogen-bond donors (Lipinski definition) is 1. The molecular weight excluding hydrogens is 270 g/mol. The van der Waals surface area contributed by atoms with Crippen molar-refractivity contribution < 1.29 is 4.79 Å². The molecule has 2 nitrogen and oxygen atoms in total. The normalized spacial score (nSPS) is 18.9. The average molecular weight is 303 g/mol. The summed E-state index contributed by atoms with van der Waals surface area (Å²) in [5.41, 5.74) is 0.982. The van der Waals surface area contributed by atoms with Gasteiger partial charge in [0.1, 0.15) is 0 Å². The van der Waals surface area contributed by atoms with E-state index in [0.717, 1.165) is 25.7 Å². The number of carbonyl (C=O) groups is 1. The van der Waals surface area contributed by atoms with Crippen molar-refractivity contribution in [2.24, 2.45) is 0 Å². The SMILES string of the molecule is CC.CC.O=C(NC1CCCC1)C1(c2ccccc2)CCC1. The first kappa shape index (κ1) is 18.7. The Balaban J connectivity index is 0.000000561. The minimum atomic E-state index is -0.218. The maximum Gasteiger partial charge on any atom is 0.230 e. The molecule has 2 aliphatic rings. The van der Waals surface area contributed by atoms with E-state index in [1.54, 1.807) is 0 Å². The van der Waals surface area contributed by atoms with E-state index in [-0.39, 0.29) is 11.3 Å². The Hall–Kier alpha value is -1.31. The lowest BCUT2D eigenvalue weighted by molar-refractivity contribution is -0.130. The van der Waals surface area contributed by atoms with Gasteiger partial charge in [0.15, 0.2) is 0 Å². The maximum atomic E-state index is 12.6. The van der Waals surface area contributed by atoms with Crippen LogP contribution in [-0.4, -0.2) is 11.9 Å². The number of hydrogen-bond acceptors (Lipinski definition) is 1. The summed E-state index contributed by atoms with van der Waals surface area (Å²) in [7, 11) is 0. The van der Waals surface area contributed by atoms with E-state index in [2.05, 4.69) is 17.4 Å². The van der Waals surface area contributed by atoms with E-state index in [4.69, 9.17) is 0 Å². The highest BCUT2D eigenvalue weighted by Crippen LogP contribution is 2.44. The van der Waals surface area contributed by atoms with Crippen LogP contribution in [0.1, 0.15) is 78.2 Å². The third-order valence-corrected chi connectivity index (χ3v) is 4.66. The van der Waals surface area contributed by atoms with Crippen LogP contribution in [-0.2, 0) is 10.2 Å². The van der Waals surface area contributed by atoms with Gasteiger partial charge in [-0.15, -0.1) is 0 Å². The van der Waals surface area contributed by atoms with Gasteiger partial charge in [-0.05, 0) is 31.2 Å². The molecule has 0 unspecified atom stereocenters. The summed E-state index contributed by atoms with van der Waals surface area (Å²) in [5.74, 6) is 0.270. The van der Waals surface area contributed by atoms with Crippen molar-refractivity contribution in [2.45, 2.75) is 84.1 Å². The lowest BCUT2D eigenvalue weighted by atomic mass is 9.63. The zero-order valence-electron chi connectivity index (χ0n) is 14.8. The fourth-order valence-corrected chi connectivity index (χ4v) is 3.33. The molecule has 1 N–H and O–H groups in total. The third-order valence-electron chi connectivity index (χ3n) is 4.66. The van der Waals surface area contributed by atoms with Gasteiger partial charge in [-0.3, -0.25) is 4.79 Å². The van der Waals surface area contributed by atoms with Gasteiger partial charge in [-0.1, -0.05) is 77.3 Å². The van der Waals surface area contributed by atoms with Gasteiger partial charge >= 0.3 is 0 Å². The Labute approximate surface area is 136 Å². The molecule has 0 radical (unpaired) electrons. The van der Waals surface area contributed by atoms with Crippen LogP contribution in [0, 0.1) is 0 Å². The topological polar surface area (TPSA) is 29.1 Å². The lowest BCUT2D eigenvalue weighted by Gasteiger charge is -2.41. The van der Waals surface area contributed by atoms with Gasteiger partial charge in [-0.25, -0.2) is 0 Å². The molecular formula is C20H33NO. The number of nitrogens with one attached hydrogen (secondary N) is 1. The first-order valence-corrected chi connectivity index (χ1v) is 9.18. The number of benzene rings is 1. The summed E-state index contributed by atoms with van der Waals surface area (Å²) < 4.78 is 0. The minimum absolute atomic E-state index is 0.218. The van der Waals surface area contributed by atoms with Crippen LogP contribution in [0.25, 0.3) is 0 Å². The molecule has 2 aliphatic carbocycles. The van der Waals surface area contributed by atoms with Gasteiger partial charge in [0, 0.05) is 6.04 Å². The lowest BCUT2D eigenvalue weighted by Crippen LogP contribution is -2.51. The first-order valence-electron chi connectivity index (χ1n) is 9.18. The summed E-state index contributed by atoms with van der Waals surface area (Å²) in [6.07, 6.45) is 8.05. The summed E-state index contributed by atoms with van der Waals surface area (Å²) in [6, 6.07) is 10.7. The summed E-state index contributed by atoms with van der Waals surface area (Å²) in [6.45, 7) is 8.00. The Bertz CT molecular complexity index is 417. The van der Waals surface area contributed by atoms with E-state index < -0.39 is 0 Å². The molecule has 1 amide bonds. The van der Waals surface area contributed by atoms with Crippen molar-refractivity contribution >= 4 is 5.91 Å². The smallest absolute Gasteiger partial charge is 0.230 e. The summed E-state index contributed by atoms with van der Waals surface area (Å²) >= 11 is 0. The van der Waals surface area contributed by atoms with Crippen molar-refractivity contribution in [3.05, 3.63) is 35.9 Å². The molecule has 3 rings (SSSR count). The van der Waals surface area contributed by atoms with Crippen LogP contribution in [0.15, 0.2) is 30.3 Å². The van der Waals surface area contributed by atoms with Gasteiger partial charge in [0.25, 0.3) is 0 Å². The molecule has 0 aliphatic heterocycles. The van der Waals surface area contributed by atoms with Crippen molar-refractivity contribution in [2.75, 3.05) is 0 Å². The Morgan fingerprint density at radius 3 is 1.95 bits per heavy atom. The van der Waals surface area contributed by atoms with Crippen LogP contribution in [0.5, 0.6) is 0 Å². The number of carbonyl (C=O) groups excluding carboxylic acids is 1. The molecule has 0 spiro atoms. The molecule has 22 heavy (non-hydrogen) atoms. The number of amides is 1. The van der Waals surface area contributed by atoms with Gasteiger partial charge in [0.05, 0.1) is 5.41 Å². The van der Waals surface area contributed by atoms with E-state index in [1.165, 1.54) is 24.8 Å². The molecule has 0 atom stereocenters. The standard InChI is InChI=1S/C16H21NO.2C2H6/c18-15(17-14-9-4-5-10-14)16(11-6-12-16)13-7-2-1-3-8-13;2*1-2/h1-3,7-8,14H,4-6,9-12H2,(H,17,18);2*1-2H3. The highest BCUT2D eigenvalue weighted by atomic mass is 16.2. The van der Waals surface area contributed by atoms with Crippen LogP contribution >= 0.6 is 0 Å². The van der Waals surface area contributed by atoms with E-state index in [9.17, 15) is 4.79 Å². The largest absolute Gasteiger partial charge is 0.353 e. The van der Waals surface area contributed by atoms with Crippen molar-refractivity contribution in [1.82, 2.24) is 5.32 Å². The Morgan fingerprint density at radius 1 is 0.955 bits per heavy atom. The molecule has 2 heteroatoms. The highest BCUT2D eigenvalue weighted by Gasteiger charge is 2.45. The molecule has 2 saturated carbocycles. The predicted molar refractivity (Wildman–Crippen MR) is 95.1 cm³/mol. The molecule has 0 bridgehead atoms. The van der Waals surface area contributed by atoms with E-state index >= 15 is 0 Å². The predicted octanol–water partition coefficient (Wildman–Crippen LogP) is 5.22. The van der Waals surface area contributed by atoms with Crippen molar-refractivity contribution in [1.29, 1.82) is 0 Å². The second kappa shape index (κ2) is 9.66. The minimum Gasteiger partial charge on any atom is -0.353 e. The third kappa shape index (κ3) is 4.12. The van der Waals surface area contributed by atoms with E-state index in [0.29, 0.717) is 6.04 Å². The van der Waals surface area contributed by atoms with E-state index in [1.807, 2.05) is 45.9 Å². The molecule has 1 aromatic carbocycles. The molecule has 1 aromatic rings. The van der Waals surface area contributed by atoms with Crippen molar-refractivity contribution in [3.63, 3.8) is 0 Å². The van der Waals surface area contributed by atoms with Crippen LogP contribution in [0.4, 0.5) is 0 Å². The zero-order valence-corrected chi connectivity index (χ0v) is 14.8. The zero-order chi connectivity index (χ0) is 16.4. The second-order valence-corrected chi connectivity index (χ2v) is 5.76. The molecule has 0 aromatic heterocycles. The van der Waals surface area contributed by atoms with Gasteiger partial charge < -0.3 is 5.32 Å². The fraction of sp³-hybridized carbons (Fsp3) is 0.650.